The number of aromatic nitrogens is 2. The van der Waals surface area contributed by atoms with E-state index in [0.717, 1.165) is 5.69 Å². The number of aliphatic hydroxyl groups is 1. The number of nitrogens with zero attached hydrogens (tertiary/aromatic N) is 2. The second kappa shape index (κ2) is 4.37. The van der Waals surface area contributed by atoms with Gasteiger partial charge in [-0.2, -0.15) is 5.10 Å². The number of aliphatic hydroxyl groups excluding tert-OH is 1. The van der Waals surface area contributed by atoms with Crippen LogP contribution in [0.25, 0.3) is 0 Å². The first-order valence-electron chi connectivity index (χ1n) is 5.81. The summed E-state index contributed by atoms with van der Waals surface area (Å²) >= 11 is 0. The quantitative estimate of drug-likeness (QED) is 0.691. The fourth-order valence-corrected chi connectivity index (χ4v) is 2.04. The minimum Gasteiger partial charge on any atom is -0.395 e. The van der Waals surface area contributed by atoms with Crippen LogP contribution in [0.1, 0.15) is 42.4 Å². The first kappa shape index (κ1) is 11.9. The average molecular weight is 238 g/mol. The smallest absolute Gasteiger partial charge is 0.276 e. The van der Waals surface area contributed by atoms with Crippen LogP contribution in [0.15, 0.2) is 0 Å². The zero-order valence-corrected chi connectivity index (χ0v) is 10.1. The molecule has 94 valence electrons. The molecule has 17 heavy (non-hydrogen) atoms. The SMILES string of the molecule is CC(C)c1[nH]nc(C(=O)N2CC[C@H](O)C2)c1N. The van der Waals surface area contributed by atoms with Crippen LogP contribution in [0.4, 0.5) is 5.69 Å². The average Bonchev–Trinajstić information content (AvgIpc) is 2.83. The lowest BCUT2D eigenvalue weighted by Gasteiger charge is -2.14. The zero-order valence-electron chi connectivity index (χ0n) is 10.1. The topological polar surface area (TPSA) is 95.2 Å². The summed E-state index contributed by atoms with van der Waals surface area (Å²) < 4.78 is 0. The summed E-state index contributed by atoms with van der Waals surface area (Å²) in [6, 6.07) is 0. The van der Waals surface area contributed by atoms with E-state index in [9.17, 15) is 9.90 Å². The van der Waals surface area contributed by atoms with Crippen molar-refractivity contribution in [2.45, 2.75) is 32.3 Å². The molecule has 0 aromatic carbocycles. The van der Waals surface area contributed by atoms with Crippen molar-refractivity contribution in [1.29, 1.82) is 0 Å². The van der Waals surface area contributed by atoms with E-state index >= 15 is 0 Å². The molecule has 1 aliphatic heterocycles. The van der Waals surface area contributed by atoms with Crippen LogP contribution in [0.5, 0.6) is 0 Å². The molecule has 1 amide bonds. The maximum Gasteiger partial charge on any atom is 0.276 e. The van der Waals surface area contributed by atoms with E-state index < -0.39 is 6.10 Å². The minimum atomic E-state index is -0.427. The van der Waals surface area contributed by atoms with Crippen molar-refractivity contribution in [2.75, 3.05) is 18.8 Å². The van der Waals surface area contributed by atoms with Gasteiger partial charge in [-0.05, 0) is 12.3 Å². The van der Waals surface area contributed by atoms with E-state index in [1.54, 1.807) is 4.90 Å². The van der Waals surface area contributed by atoms with Crippen molar-refractivity contribution in [1.82, 2.24) is 15.1 Å². The van der Waals surface area contributed by atoms with Crippen LogP contribution in [-0.2, 0) is 0 Å². The number of anilines is 1. The molecule has 6 nitrogen and oxygen atoms in total. The number of nitrogens with one attached hydrogen (secondary N) is 1. The van der Waals surface area contributed by atoms with Crippen LogP contribution in [0.3, 0.4) is 0 Å². The van der Waals surface area contributed by atoms with Crippen molar-refractivity contribution in [3.8, 4) is 0 Å². The molecular formula is C11H18N4O2. The van der Waals surface area contributed by atoms with Gasteiger partial charge in [0.25, 0.3) is 5.91 Å². The highest BCUT2D eigenvalue weighted by molar-refractivity contribution is 5.97. The number of β-amino-alcohol motifs (C(OH)–C–C–N with tert-alkyl or cyclic N) is 1. The molecule has 1 aromatic heterocycles. The Morgan fingerprint density at radius 3 is 2.82 bits per heavy atom. The van der Waals surface area contributed by atoms with Gasteiger partial charge in [-0.25, -0.2) is 0 Å². The molecule has 2 rings (SSSR count). The first-order chi connectivity index (χ1) is 8.00. The van der Waals surface area contributed by atoms with Crippen LogP contribution < -0.4 is 5.73 Å². The monoisotopic (exact) mass is 238 g/mol. The third kappa shape index (κ3) is 2.12. The third-order valence-corrected chi connectivity index (χ3v) is 3.06. The number of rotatable bonds is 2. The number of likely N-dealkylation sites (tertiary alicyclic amines) is 1. The van der Waals surface area contributed by atoms with Crippen LogP contribution in [-0.4, -0.2) is 45.3 Å². The van der Waals surface area contributed by atoms with Gasteiger partial charge < -0.3 is 15.7 Å². The highest BCUT2D eigenvalue weighted by Crippen LogP contribution is 2.24. The largest absolute Gasteiger partial charge is 0.395 e. The number of nitrogens with two attached hydrogens (primary N) is 1. The molecule has 1 aromatic rings. The maximum absolute atomic E-state index is 12.1. The number of carbonyl (C=O) groups excluding carboxylic acids is 1. The van der Waals surface area contributed by atoms with Crippen molar-refractivity contribution in [3.05, 3.63) is 11.4 Å². The zero-order chi connectivity index (χ0) is 12.6. The molecule has 0 spiro atoms. The summed E-state index contributed by atoms with van der Waals surface area (Å²) in [7, 11) is 0. The number of carbonyl (C=O) groups is 1. The fourth-order valence-electron chi connectivity index (χ4n) is 2.04. The molecule has 6 heteroatoms. The second-order valence-electron chi connectivity index (χ2n) is 4.75. The number of nitrogen functional groups attached to an aromatic ring is 1. The lowest BCUT2D eigenvalue weighted by molar-refractivity contribution is 0.0760. The van der Waals surface area contributed by atoms with Gasteiger partial charge in [-0.1, -0.05) is 13.8 Å². The number of amides is 1. The molecule has 0 bridgehead atoms. The van der Waals surface area contributed by atoms with Gasteiger partial charge in [0.2, 0.25) is 0 Å². The Bertz CT molecular complexity index is 427. The normalized spacial score (nSPS) is 20.2. The highest BCUT2D eigenvalue weighted by Gasteiger charge is 2.29. The summed E-state index contributed by atoms with van der Waals surface area (Å²) in [5, 5.41) is 16.2. The van der Waals surface area contributed by atoms with E-state index in [4.69, 9.17) is 5.73 Å². The van der Waals surface area contributed by atoms with E-state index in [2.05, 4.69) is 10.2 Å². The standard InChI is InChI=1S/C11H18N4O2/c1-6(2)9-8(12)10(14-13-9)11(17)15-4-3-7(16)5-15/h6-7,16H,3-5,12H2,1-2H3,(H,13,14)/t7-/m0/s1. The van der Waals surface area contributed by atoms with Gasteiger partial charge >= 0.3 is 0 Å². The van der Waals surface area contributed by atoms with Crippen molar-refractivity contribution >= 4 is 11.6 Å². The molecular weight excluding hydrogens is 220 g/mol. The fraction of sp³-hybridized carbons (Fsp3) is 0.636. The predicted molar refractivity (Wildman–Crippen MR) is 63.6 cm³/mol. The van der Waals surface area contributed by atoms with Gasteiger partial charge in [0.05, 0.1) is 17.5 Å². The molecule has 0 saturated carbocycles. The van der Waals surface area contributed by atoms with E-state index in [1.807, 2.05) is 13.8 Å². The van der Waals surface area contributed by atoms with Gasteiger partial charge in [0, 0.05) is 13.1 Å². The molecule has 1 aliphatic rings. The third-order valence-electron chi connectivity index (χ3n) is 3.06. The second-order valence-corrected chi connectivity index (χ2v) is 4.75. The van der Waals surface area contributed by atoms with Gasteiger partial charge in [-0.15, -0.1) is 0 Å². The van der Waals surface area contributed by atoms with Crippen molar-refractivity contribution < 1.29 is 9.90 Å². The van der Waals surface area contributed by atoms with Crippen LogP contribution in [0.2, 0.25) is 0 Å². The molecule has 0 radical (unpaired) electrons. The molecule has 1 fully saturated rings. The molecule has 0 aliphatic carbocycles. The Hall–Kier alpha value is -1.56. The number of H-pyrrole nitrogens is 1. The van der Waals surface area contributed by atoms with Crippen molar-refractivity contribution in [2.24, 2.45) is 0 Å². The molecule has 1 atom stereocenters. The summed E-state index contributed by atoms with van der Waals surface area (Å²) in [6.07, 6.45) is 0.191. The Morgan fingerprint density at radius 1 is 1.65 bits per heavy atom. The van der Waals surface area contributed by atoms with Crippen LogP contribution in [0, 0.1) is 0 Å². The maximum atomic E-state index is 12.1. The number of hydrogen-bond acceptors (Lipinski definition) is 4. The lowest BCUT2D eigenvalue weighted by atomic mass is 10.1. The van der Waals surface area contributed by atoms with E-state index in [1.165, 1.54) is 0 Å². The number of hydrogen-bond donors (Lipinski definition) is 3. The molecule has 1 saturated heterocycles. The Morgan fingerprint density at radius 2 is 2.35 bits per heavy atom. The van der Waals surface area contributed by atoms with Gasteiger partial charge in [0.15, 0.2) is 5.69 Å². The molecule has 0 unspecified atom stereocenters. The minimum absolute atomic E-state index is 0.202. The van der Waals surface area contributed by atoms with Gasteiger partial charge in [0.1, 0.15) is 0 Å². The summed E-state index contributed by atoms with van der Waals surface area (Å²) in [5.41, 5.74) is 7.38. The Balaban J connectivity index is 2.20. The van der Waals surface area contributed by atoms with E-state index in [0.29, 0.717) is 25.2 Å². The number of aromatic amines is 1. The molecule has 2 heterocycles. The molecule has 4 N–H and O–H groups in total. The predicted octanol–water partition coefficient (Wildman–Crippen LogP) is 0.322. The van der Waals surface area contributed by atoms with Gasteiger partial charge in [-0.3, -0.25) is 9.89 Å². The van der Waals surface area contributed by atoms with Crippen molar-refractivity contribution in [3.63, 3.8) is 0 Å². The summed E-state index contributed by atoms with van der Waals surface area (Å²) in [4.78, 5) is 13.7. The highest BCUT2D eigenvalue weighted by atomic mass is 16.3. The first-order valence-corrected chi connectivity index (χ1v) is 5.81. The lowest BCUT2D eigenvalue weighted by Crippen LogP contribution is -2.30. The Labute approximate surface area is 99.8 Å². The van der Waals surface area contributed by atoms with E-state index in [-0.39, 0.29) is 17.5 Å². The Kier molecular flexibility index (Phi) is 3.06. The summed E-state index contributed by atoms with van der Waals surface area (Å²) in [6.45, 7) is 4.89. The van der Waals surface area contributed by atoms with Crippen LogP contribution >= 0.6 is 0 Å². The summed E-state index contributed by atoms with van der Waals surface area (Å²) in [5.74, 6) is -0.00424.